The van der Waals surface area contributed by atoms with Gasteiger partial charge in [0.15, 0.2) is 5.69 Å². The first kappa shape index (κ1) is 44.3. The molecule has 4 aromatic carbocycles. The number of thiazole rings is 2. The molecule has 0 saturated carbocycles. The number of carboxylic acids is 1. The number of rotatable bonds is 16. The van der Waals surface area contributed by atoms with Gasteiger partial charge in [0.1, 0.15) is 11.5 Å². The standard InChI is InChI=1S/C45H35N11O7S4/c46-41(57)37-25-64-44(50-37)55-24-31(39(52-55)29-6-2-1-3-7-29)20-27-13-17-35(18-14-27)67(62,63)54-32-9-4-8-30(22-32)40-36(21-28-11-15-34(16-12-28)66(47,60)61)42(49-33-10-5-19-48-23-33)56(53-40)45-51-38(26-65-45)43(58)59/h1-19,22-26,49,54H,20-21H2,(H2,46,57)(H,58,59)(H2,47,60,61). The van der Waals surface area contributed by atoms with Gasteiger partial charge in [-0.2, -0.15) is 14.9 Å². The molecule has 22 heteroatoms. The number of amides is 1. The second-order valence-electron chi connectivity index (χ2n) is 14.8. The first-order valence-electron chi connectivity index (χ1n) is 19.9. The van der Waals surface area contributed by atoms with Crippen LogP contribution in [0.3, 0.4) is 0 Å². The summed E-state index contributed by atoms with van der Waals surface area (Å²) >= 11 is 2.28. The smallest absolute Gasteiger partial charge is 0.355 e. The highest BCUT2D eigenvalue weighted by Crippen LogP contribution is 2.37. The van der Waals surface area contributed by atoms with E-state index in [2.05, 4.69) is 25.0 Å². The largest absolute Gasteiger partial charge is 0.476 e. The number of nitrogens with one attached hydrogen (secondary N) is 2. The fourth-order valence-corrected chi connectivity index (χ4v) is 10.1. The zero-order chi connectivity index (χ0) is 46.9. The molecular weight excluding hydrogens is 935 g/mol. The van der Waals surface area contributed by atoms with Crippen molar-refractivity contribution in [3.8, 4) is 32.8 Å². The zero-order valence-electron chi connectivity index (χ0n) is 34.6. The second-order valence-corrected chi connectivity index (χ2v) is 19.8. The number of nitrogens with two attached hydrogens (primary N) is 2. The van der Waals surface area contributed by atoms with Crippen LogP contribution in [0, 0.1) is 0 Å². The van der Waals surface area contributed by atoms with Gasteiger partial charge in [0, 0.05) is 63.9 Å². The van der Waals surface area contributed by atoms with Gasteiger partial charge in [0.2, 0.25) is 20.3 Å². The fraction of sp³-hybridized carbons (Fsp3) is 0.0444. The quantitative estimate of drug-likeness (QED) is 0.0662. The average Bonchev–Trinajstić information content (AvgIpc) is 4.14. The number of carbonyl (C=O) groups is 2. The number of hydrogen-bond donors (Lipinski definition) is 5. The summed E-state index contributed by atoms with van der Waals surface area (Å²) in [6.45, 7) is 0. The molecule has 67 heavy (non-hydrogen) atoms. The summed E-state index contributed by atoms with van der Waals surface area (Å²) in [5.41, 5.74) is 11.5. The maximum Gasteiger partial charge on any atom is 0.355 e. The molecule has 0 saturated heterocycles. The van der Waals surface area contributed by atoms with Crippen LogP contribution in [-0.4, -0.2) is 68.3 Å². The lowest BCUT2D eigenvalue weighted by atomic mass is 10.0. The van der Waals surface area contributed by atoms with Gasteiger partial charge in [-0.05, 0) is 59.7 Å². The molecule has 0 spiro atoms. The lowest BCUT2D eigenvalue weighted by Gasteiger charge is -2.12. The lowest BCUT2D eigenvalue weighted by molar-refractivity contribution is 0.0691. The Morgan fingerprint density at radius 3 is 2.01 bits per heavy atom. The van der Waals surface area contributed by atoms with Gasteiger partial charge >= 0.3 is 5.97 Å². The van der Waals surface area contributed by atoms with E-state index in [-0.39, 0.29) is 38.4 Å². The number of sulfonamides is 2. The van der Waals surface area contributed by atoms with Crippen molar-refractivity contribution in [3.05, 3.63) is 178 Å². The summed E-state index contributed by atoms with van der Waals surface area (Å²) in [5, 5.41) is 31.8. The van der Waals surface area contributed by atoms with Crippen LogP contribution >= 0.6 is 22.7 Å². The highest BCUT2D eigenvalue weighted by molar-refractivity contribution is 7.92. The topological polar surface area (TPSA) is 273 Å². The third kappa shape index (κ3) is 9.73. The van der Waals surface area contributed by atoms with E-state index >= 15 is 0 Å². The Balaban J connectivity index is 1.03. The SMILES string of the molecule is NC(=O)c1csc(-n2cc(Cc3ccc(S(=O)(=O)Nc4cccc(-c5nn(-c6nc(C(=O)O)cs6)c(Nc6cccnc6)c5Cc5ccc(S(N)(=O)=O)cc5)c4)cc3)c(-c3ccccc3)n2)n1. The van der Waals surface area contributed by atoms with Crippen LogP contribution in [0.15, 0.2) is 154 Å². The Morgan fingerprint density at radius 1 is 0.701 bits per heavy atom. The van der Waals surface area contributed by atoms with E-state index in [1.807, 2.05) is 36.5 Å². The minimum atomic E-state index is -4.14. The number of primary sulfonamides is 1. The molecule has 7 N–H and O–H groups in total. The summed E-state index contributed by atoms with van der Waals surface area (Å²) in [6, 6.07) is 32.3. The van der Waals surface area contributed by atoms with Crippen LogP contribution in [-0.2, 0) is 32.9 Å². The molecule has 9 aromatic rings. The van der Waals surface area contributed by atoms with Crippen molar-refractivity contribution in [1.82, 2.24) is 34.5 Å². The first-order chi connectivity index (χ1) is 32.2. The molecule has 0 aliphatic carbocycles. The van der Waals surface area contributed by atoms with Gasteiger partial charge in [-0.15, -0.1) is 22.7 Å². The first-order valence-corrected chi connectivity index (χ1v) is 24.7. The second kappa shape index (κ2) is 18.2. The molecular formula is C45H35N11O7S4. The van der Waals surface area contributed by atoms with Crippen LogP contribution in [0.2, 0.25) is 0 Å². The number of pyridine rings is 1. The molecule has 5 aromatic heterocycles. The van der Waals surface area contributed by atoms with E-state index < -0.39 is 31.9 Å². The summed E-state index contributed by atoms with van der Waals surface area (Å²) in [6.07, 6.45) is 5.60. The Labute approximate surface area is 390 Å². The number of nitrogens with zero attached hydrogens (tertiary/aromatic N) is 7. The van der Waals surface area contributed by atoms with Gasteiger partial charge in [0.25, 0.3) is 15.9 Å². The molecule has 18 nitrogen and oxygen atoms in total. The predicted octanol–water partition coefficient (Wildman–Crippen LogP) is 6.87. The van der Waals surface area contributed by atoms with Gasteiger partial charge in [-0.25, -0.2) is 41.4 Å². The molecule has 0 bridgehead atoms. The Hall–Kier alpha value is -7.89. The number of carboxylic acid groups (broad SMARTS) is 1. The number of benzene rings is 4. The summed E-state index contributed by atoms with van der Waals surface area (Å²) in [4.78, 5) is 36.4. The van der Waals surface area contributed by atoms with E-state index in [9.17, 15) is 31.5 Å². The van der Waals surface area contributed by atoms with Crippen molar-refractivity contribution >= 4 is 71.8 Å². The van der Waals surface area contributed by atoms with Crippen LogP contribution < -0.4 is 20.9 Å². The van der Waals surface area contributed by atoms with E-state index in [1.165, 1.54) is 45.7 Å². The van der Waals surface area contributed by atoms with E-state index in [0.29, 0.717) is 51.1 Å². The molecule has 0 atom stereocenters. The number of primary amides is 1. The van der Waals surface area contributed by atoms with E-state index in [1.54, 1.807) is 83.1 Å². The maximum absolute atomic E-state index is 14.0. The average molecular weight is 970 g/mol. The van der Waals surface area contributed by atoms with Crippen LogP contribution in [0.1, 0.15) is 43.2 Å². The summed E-state index contributed by atoms with van der Waals surface area (Å²) < 4.78 is 57.8. The molecule has 9 rings (SSSR count). The molecule has 0 fully saturated rings. The van der Waals surface area contributed by atoms with Crippen LogP contribution in [0.25, 0.3) is 32.8 Å². The Morgan fingerprint density at radius 2 is 1.36 bits per heavy atom. The van der Waals surface area contributed by atoms with Crippen LogP contribution in [0.4, 0.5) is 17.2 Å². The third-order valence-electron chi connectivity index (χ3n) is 10.2. The minimum Gasteiger partial charge on any atom is -0.476 e. The zero-order valence-corrected chi connectivity index (χ0v) is 37.9. The van der Waals surface area contributed by atoms with Crippen molar-refractivity contribution in [1.29, 1.82) is 0 Å². The highest BCUT2D eigenvalue weighted by Gasteiger charge is 2.25. The molecule has 1 amide bonds. The molecule has 0 aliphatic rings. The van der Waals surface area contributed by atoms with E-state index in [0.717, 1.165) is 28.0 Å². The van der Waals surface area contributed by atoms with Gasteiger partial charge in [-0.3, -0.25) is 14.5 Å². The van der Waals surface area contributed by atoms with Gasteiger partial charge < -0.3 is 16.2 Å². The van der Waals surface area contributed by atoms with Crippen molar-refractivity contribution in [2.75, 3.05) is 10.0 Å². The number of aromatic carboxylic acids is 1. The number of aromatic nitrogens is 7. The molecule has 336 valence electrons. The lowest BCUT2D eigenvalue weighted by Crippen LogP contribution is -2.13. The number of anilines is 3. The van der Waals surface area contributed by atoms with Crippen molar-refractivity contribution < 1.29 is 31.5 Å². The monoisotopic (exact) mass is 969 g/mol. The molecule has 0 radical (unpaired) electrons. The summed E-state index contributed by atoms with van der Waals surface area (Å²) in [5.74, 6) is -1.46. The number of carbonyl (C=O) groups excluding carboxylic acids is 1. The maximum atomic E-state index is 14.0. The summed E-state index contributed by atoms with van der Waals surface area (Å²) in [7, 11) is -8.10. The Kier molecular flexibility index (Phi) is 12.0. The molecule has 0 unspecified atom stereocenters. The Bertz CT molecular complexity index is 3520. The van der Waals surface area contributed by atoms with Gasteiger partial charge in [-0.1, -0.05) is 66.7 Å². The highest BCUT2D eigenvalue weighted by atomic mass is 32.2. The predicted molar refractivity (Wildman–Crippen MR) is 253 cm³/mol. The fourth-order valence-electron chi connectivity index (χ4n) is 7.06. The van der Waals surface area contributed by atoms with Crippen LogP contribution in [0.5, 0.6) is 0 Å². The van der Waals surface area contributed by atoms with Gasteiger partial charge in [0.05, 0.1) is 33.1 Å². The van der Waals surface area contributed by atoms with E-state index in [4.69, 9.17) is 21.1 Å². The number of hydrogen-bond acceptors (Lipinski definition) is 14. The van der Waals surface area contributed by atoms with Crippen molar-refractivity contribution in [3.63, 3.8) is 0 Å². The van der Waals surface area contributed by atoms with Crippen molar-refractivity contribution in [2.24, 2.45) is 10.9 Å². The molecule has 5 heterocycles. The molecule has 0 aliphatic heterocycles. The normalized spacial score (nSPS) is 11.7. The third-order valence-corrected chi connectivity index (χ3v) is 14.2. The minimum absolute atomic E-state index is 0.0104. The van der Waals surface area contributed by atoms with Crippen molar-refractivity contribution in [2.45, 2.75) is 22.6 Å².